The molecule has 1 saturated heterocycles. The molecule has 1 aliphatic rings. The number of likely N-dealkylation sites (tertiary alicyclic amines) is 1. The molecule has 0 radical (unpaired) electrons. The fourth-order valence-corrected chi connectivity index (χ4v) is 2.66. The van der Waals surface area contributed by atoms with E-state index in [1.54, 1.807) is 31.6 Å². The van der Waals surface area contributed by atoms with Crippen molar-refractivity contribution >= 4 is 12.1 Å². The topological polar surface area (TPSA) is 96.7 Å². The van der Waals surface area contributed by atoms with E-state index in [0.29, 0.717) is 19.5 Å². The second-order valence-electron chi connectivity index (χ2n) is 7.00. The summed E-state index contributed by atoms with van der Waals surface area (Å²) in [7, 11) is 1.83. The van der Waals surface area contributed by atoms with Crippen LogP contribution >= 0.6 is 0 Å². The molecule has 2 N–H and O–H groups in total. The van der Waals surface area contributed by atoms with E-state index in [1.165, 1.54) is 0 Å². The van der Waals surface area contributed by atoms with Gasteiger partial charge in [-0.2, -0.15) is 5.10 Å². The number of nitrogens with zero attached hydrogens (tertiary/aromatic N) is 3. The van der Waals surface area contributed by atoms with Crippen molar-refractivity contribution in [2.45, 2.75) is 44.9 Å². The molecule has 1 aromatic heterocycles. The Morgan fingerprint density at radius 2 is 2.17 bits per heavy atom. The molecule has 0 saturated carbocycles. The van der Waals surface area contributed by atoms with E-state index in [-0.39, 0.29) is 6.54 Å². The van der Waals surface area contributed by atoms with Crippen molar-refractivity contribution in [3.8, 4) is 0 Å². The lowest BCUT2D eigenvalue weighted by atomic mass is 9.99. The zero-order valence-corrected chi connectivity index (χ0v) is 14.0. The van der Waals surface area contributed by atoms with Crippen LogP contribution in [-0.4, -0.2) is 56.1 Å². The van der Waals surface area contributed by atoms with Gasteiger partial charge in [0.15, 0.2) is 5.54 Å². The summed E-state index contributed by atoms with van der Waals surface area (Å²) in [6.07, 6.45) is 3.27. The molecule has 1 aromatic rings. The number of alkyl carbamates (subject to hydrolysis) is 1. The molecule has 0 aliphatic carbocycles. The first kappa shape index (κ1) is 17.3. The highest BCUT2D eigenvalue weighted by molar-refractivity contribution is 5.85. The number of aliphatic carboxylic acids is 1. The number of nitrogens with one attached hydrogen (secondary N) is 1. The van der Waals surface area contributed by atoms with E-state index in [2.05, 4.69) is 10.4 Å². The number of amides is 1. The van der Waals surface area contributed by atoms with Crippen molar-refractivity contribution in [3.05, 3.63) is 18.0 Å². The van der Waals surface area contributed by atoms with Crippen LogP contribution in [0.15, 0.2) is 12.4 Å². The number of rotatable bonds is 4. The second-order valence-corrected chi connectivity index (χ2v) is 7.00. The fraction of sp³-hybridized carbons (Fsp3) is 0.667. The number of aryl methyl sites for hydroxylation is 1. The largest absolute Gasteiger partial charge is 0.479 e. The molecule has 128 valence electrons. The van der Waals surface area contributed by atoms with E-state index in [4.69, 9.17) is 4.74 Å². The number of carboxylic acid groups (broad SMARTS) is 1. The van der Waals surface area contributed by atoms with Gasteiger partial charge in [-0.05, 0) is 27.2 Å². The van der Waals surface area contributed by atoms with Crippen LogP contribution in [0.1, 0.15) is 32.8 Å². The highest BCUT2D eigenvalue weighted by Crippen LogP contribution is 2.24. The first-order chi connectivity index (χ1) is 10.6. The number of carbonyl (C=O) groups is 2. The Morgan fingerprint density at radius 3 is 2.70 bits per heavy atom. The molecular weight excluding hydrogens is 300 g/mol. The number of hydrogen-bond acceptors (Lipinski definition) is 5. The van der Waals surface area contributed by atoms with Crippen LogP contribution in [0.5, 0.6) is 0 Å². The summed E-state index contributed by atoms with van der Waals surface area (Å²) in [5.41, 5.74) is -0.978. The minimum atomic E-state index is -1.31. The smallest absolute Gasteiger partial charge is 0.408 e. The summed E-state index contributed by atoms with van der Waals surface area (Å²) >= 11 is 0. The lowest BCUT2D eigenvalue weighted by Crippen LogP contribution is -2.57. The van der Waals surface area contributed by atoms with E-state index >= 15 is 0 Å². The first-order valence-electron chi connectivity index (χ1n) is 7.54. The molecule has 8 heteroatoms. The maximum atomic E-state index is 12.0. The molecule has 0 aromatic carbocycles. The van der Waals surface area contributed by atoms with E-state index in [1.807, 2.05) is 18.1 Å². The van der Waals surface area contributed by atoms with Crippen LogP contribution in [0.4, 0.5) is 4.79 Å². The van der Waals surface area contributed by atoms with Gasteiger partial charge >= 0.3 is 12.1 Å². The van der Waals surface area contributed by atoms with Crippen molar-refractivity contribution < 1.29 is 19.4 Å². The van der Waals surface area contributed by atoms with Gasteiger partial charge in [0.25, 0.3) is 0 Å². The lowest BCUT2D eigenvalue weighted by Gasteiger charge is -2.28. The standard InChI is InChI=1S/C15H24N4O4/c1-14(2,3)23-13(22)17-15(12(20)21)5-6-19(10-15)9-11-7-16-18(4)8-11/h7-8H,5-6,9-10H2,1-4H3,(H,17,22)(H,20,21). The fourth-order valence-electron chi connectivity index (χ4n) is 2.66. The quantitative estimate of drug-likeness (QED) is 0.857. The van der Waals surface area contributed by atoms with Crippen molar-refractivity contribution in [2.75, 3.05) is 13.1 Å². The molecule has 1 aliphatic heterocycles. The maximum Gasteiger partial charge on any atom is 0.408 e. The highest BCUT2D eigenvalue weighted by Gasteiger charge is 2.46. The third kappa shape index (κ3) is 4.44. The van der Waals surface area contributed by atoms with Gasteiger partial charge in [0, 0.05) is 38.4 Å². The molecule has 2 heterocycles. The molecule has 0 spiro atoms. The normalized spacial score (nSPS) is 22.1. The molecule has 1 fully saturated rings. The van der Waals surface area contributed by atoms with Gasteiger partial charge in [-0.15, -0.1) is 0 Å². The number of ether oxygens (including phenoxy) is 1. The van der Waals surface area contributed by atoms with Gasteiger partial charge in [-0.1, -0.05) is 0 Å². The number of hydrogen-bond donors (Lipinski definition) is 2. The molecule has 1 atom stereocenters. The van der Waals surface area contributed by atoms with Gasteiger partial charge in [0.2, 0.25) is 0 Å². The van der Waals surface area contributed by atoms with Gasteiger partial charge in [0.1, 0.15) is 5.60 Å². The van der Waals surface area contributed by atoms with E-state index < -0.39 is 23.2 Å². The molecule has 23 heavy (non-hydrogen) atoms. The zero-order chi connectivity index (χ0) is 17.3. The number of carbonyl (C=O) groups excluding carboxylic acids is 1. The first-order valence-corrected chi connectivity index (χ1v) is 7.54. The third-order valence-electron chi connectivity index (χ3n) is 3.66. The summed E-state index contributed by atoms with van der Waals surface area (Å²) in [6, 6.07) is 0. The van der Waals surface area contributed by atoms with E-state index in [9.17, 15) is 14.7 Å². The second kappa shape index (κ2) is 6.19. The third-order valence-corrected chi connectivity index (χ3v) is 3.66. The molecule has 1 amide bonds. The molecule has 0 bridgehead atoms. The Balaban J connectivity index is 2.02. The van der Waals surface area contributed by atoms with Gasteiger partial charge in [-0.25, -0.2) is 9.59 Å². The monoisotopic (exact) mass is 324 g/mol. The van der Waals surface area contributed by atoms with Crippen molar-refractivity contribution in [1.29, 1.82) is 0 Å². The number of carboxylic acids is 1. The lowest BCUT2D eigenvalue weighted by molar-refractivity contribution is -0.144. The predicted molar refractivity (Wildman–Crippen MR) is 82.8 cm³/mol. The minimum Gasteiger partial charge on any atom is -0.479 e. The minimum absolute atomic E-state index is 0.233. The van der Waals surface area contributed by atoms with Crippen LogP contribution in [0, 0.1) is 0 Å². The summed E-state index contributed by atoms with van der Waals surface area (Å²) in [4.78, 5) is 25.7. The summed E-state index contributed by atoms with van der Waals surface area (Å²) in [6.45, 7) is 6.63. The number of aromatic nitrogens is 2. The van der Waals surface area contributed by atoms with Crippen LogP contribution in [0.2, 0.25) is 0 Å². The van der Waals surface area contributed by atoms with Gasteiger partial charge < -0.3 is 15.2 Å². The average molecular weight is 324 g/mol. The molecule has 1 unspecified atom stereocenters. The summed E-state index contributed by atoms with van der Waals surface area (Å²) in [5.74, 6) is -1.04. The van der Waals surface area contributed by atoms with Crippen molar-refractivity contribution in [2.24, 2.45) is 7.05 Å². The van der Waals surface area contributed by atoms with E-state index in [0.717, 1.165) is 5.56 Å². The van der Waals surface area contributed by atoms with Crippen molar-refractivity contribution in [3.63, 3.8) is 0 Å². The highest BCUT2D eigenvalue weighted by atomic mass is 16.6. The Kier molecular flexibility index (Phi) is 4.65. The van der Waals surface area contributed by atoms with Crippen molar-refractivity contribution in [1.82, 2.24) is 20.0 Å². The average Bonchev–Trinajstić information content (AvgIpc) is 2.95. The molecule has 8 nitrogen and oxygen atoms in total. The molecule has 2 rings (SSSR count). The Bertz CT molecular complexity index is 593. The predicted octanol–water partition coefficient (Wildman–Crippen LogP) is 0.974. The van der Waals surface area contributed by atoms with Crippen LogP contribution < -0.4 is 5.32 Å². The summed E-state index contributed by atoms with van der Waals surface area (Å²) < 4.78 is 6.89. The maximum absolute atomic E-state index is 12.0. The SMILES string of the molecule is Cn1cc(CN2CCC(NC(=O)OC(C)(C)C)(C(=O)O)C2)cn1. The van der Waals surface area contributed by atoms with Gasteiger partial charge in [-0.3, -0.25) is 9.58 Å². The summed E-state index contributed by atoms with van der Waals surface area (Å²) in [5, 5.41) is 16.2. The Hall–Kier alpha value is -2.09. The van der Waals surface area contributed by atoms with Crippen LogP contribution in [0.25, 0.3) is 0 Å². The zero-order valence-electron chi connectivity index (χ0n) is 14.0. The Labute approximate surface area is 135 Å². The van der Waals surface area contributed by atoms with Crippen LogP contribution in [0.3, 0.4) is 0 Å². The van der Waals surface area contributed by atoms with Crippen LogP contribution in [-0.2, 0) is 23.1 Å². The molecular formula is C15H24N4O4. The van der Waals surface area contributed by atoms with Gasteiger partial charge in [0.05, 0.1) is 6.20 Å². The Morgan fingerprint density at radius 1 is 1.48 bits per heavy atom.